The van der Waals surface area contributed by atoms with Gasteiger partial charge in [0.1, 0.15) is 6.04 Å². The van der Waals surface area contributed by atoms with Gasteiger partial charge in [0.2, 0.25) is 0 Å². The number of carboxylic acid groups (broad SMARTS) is 2. The predicted octanol–water partition coefficient (Wildman–Crippen LogP) is -0.0830. The van der Waals surface area contributed by atoms with E-state index in [1.54, 1.807) is 0 Å². The van der Waals surface area contributed by atoms with Crippen LogP contribution in [0.15, 0.2) is 12.5 Å². The van der Waals surface area contributed by atoms with Crippen LogP contribution in [0, 0.1) is 0 Å². The zero-order valence-electron chi connectivity index (χ0n) is 10.6. The summed E-state index contributed by atoms with van der Waals surface area (Å²) in [5, 5.41) is 22.2. The highest BCUT2D eigenvalue weighted by Gasteiger charge is 2.19. The Labute approximate surface area is 114 Å². The number of aromatic nitrogens is 2. The molecule has 0 aromatic carbocycles. The number of imidazole rings is 1. The van der Waals surface area contributed by atoms with Crippen LogP contribution in [0.5, 0.6) is 0 Å². The van der Waals surface area contributed by atoms with Crippen molar-refractivity contribution in [2.75, 3.05) is 0 Å². The SMILES string of the molecule is O=C(O)CCC[C@@H](NC(=O)NCc1cnc[nH]1)C(=O)O. The Balaban J connectivity index is 2.34. The summed E-state index contributed by atoms with van der Waals surface area (Å²) in [6, 6.07) is -1.75. The van der Waals surface area contributed by atoms with Crippen LogP contribution in [0.25, 0.3) is 0 Å². The topological polar surface area (TPSA) is 144 Å². The van der Waals surface area contributed by atoms with Crippen LogP contribution < -0.4 is 10.6 Å². The van der Waals surface area contributed by atoms with Crippen molar-refractivity contribution in [2.45, 2.75) is 31.8 Å². The standard InChI is InChI=1S/C11H16N4O5/c16-9(17)3-1-2-8(10(18)19)15-11(20)13-5-7-4-12-6-14-7/h4,6,8H,1-3,5H2,(H,12,14)(H,16,17)(H,18,19)(H2,13,15,20)/t8-/m1/s1. The number of amides is 2. The first-order chi connectivity index (χ1) is 9.49. The van der Waals surface area contributed by atoms with Crippen LogP contribution in [-0.2, 0) is 16.1 Å². The molecule has 1 aromatic rings. The third kappa shape index (κ3) is 5.85. The van der Waals surface area contributed by atoms with Gasteiger partial charge in [-0.3, -0.25) is 4.79 Å². The fourth-order valence-corrected chi connectivity index (χ4v) is 1.48. The summed E-state index contributed by atoms with van der Waals surface area (Å²) >= 11 is 0. The summed E-state index contributed by atoms with van der Waals surface area (Å²) in [5.41, 5.74) is 0.679. The molecule has 5 N–H and O–H groups in total. The molecule has 1 atom stereocenters. The van der Waals surface area contributed by atoms with Crippen LogP contribution in [0.4, 0.5) is 4.79 Å². The van der Waals surface area contributed by atoms with Crippen molar-refractivity contribution < 1.29 is 24.6 Å². The molecule has 0 saturated carbocycles. The third-order valence-electron chi connectivity index (χ3n) is 2.48. The minimum atomic E-state index is -1.20. The monoisotopic (exact) mass is 284 g/mol. The molecule has 1 rings (SSSR count). The minimum Gasteiger partial charge on any atom is -0.481 e. The number of hydrogen-bond donors (Lipinski definition) is 5. The Morgan fingerprint density at radius 3 is 2.65 bits per heavy atom. The highest BCUT2D eigenvalue weighted by molar-refractivity contribution is 5.82. The largest absolute Gasteiger partial charge is 0.481 e. The van der Waals surface area contributed by atoms with Crippen molar-refractivity contribution in [3.05, 3.63) is 18.2 Å². The van der Waals surface area contributed by atoms with Gasteiger partial charge < -0.3 is 25.8 Å². The van der Waals surface area contributed by atoms with Crippen molar-refractivity contribution in [1.29, 1.82) is 0 Å². The van der Waals surface area contributed by atoms with Gasteiger partial charge in [0.25, 0.3) is 0 Å². The summed E-state index contributed by atoms with van der Waals surface area (Å²) in [6.07, 6.45) is 3.08. The van der Waals surface area contributed by atoms with Gasteiger partial charge in [0.15, 0.2) is 0 Å². The number of H-pyrrole nitrogens is 1. The van der Waals surface area contributed by atoms with Gasteiger partial charge in [-0.25, -0.2) is 14.6 Å². The summed E-state index contributed by atoms with van der Waals surface area (Å²) in [6.45, 7) is 0.188. The number of carbonyl (C=O) groups excluding carboxylic acids is 1. The second kappa shape index (κ2) is 7.77. The Kier molecular flexibility index (Phi) is 6.01. The molecule has 9 nitrogen and oxygen atoms in total. The third-order valence-corrected chi connectivity index (χ3v) is 2.48. The number of carboxylic acids is 2. The molecule has 0 radical (unpaired) electrons. The molecule has 0 aliphatic rings. The van der Waals surface area contributed by atoms with Crippen molar-refractivity contribution in [3.8, 4) is 0 Å². The maximum Gasteiger partial charge on any atom is 0.326 e. The lowest BCUT2D eigenvalue weighted by molar-refractivity contribution is -0.140. The molecule has 0 aliphatic carbocycles. The number of nitrogens with one attached hydrogen (secondary N) is 3. The molecule has 1 aromatic heterocycles. The molecule has 20 heavy (non-hydrogen) atoms. The number of hydrogen-bond acceptors (Lipinski definition) is 4. The second-order valence-corrected chi connectivity index (χ2v) is 4.08. The van der Waals surface area contributed by atoms with Crippen LogP contribution in [0.3, 0.4) is 0 Å². The highest BCUT2D eigenvalue weighted by atomic mass is 16.4. The fraction of sp³-hybridized carbons (Fsp3) is 0.455. The predicted molar refractivity (Wildman–Crippen MR) is 66.9 cm³/mol. The zero-order valence-corrected chi connectivity index (χ0v) is 10.6. The number of aromatic amines is 1. The highest BCUT2D eigenvalue weighted by Crippen LogP contribution is 2.01. The normalized spacial score (nSPS) is 11.6. The second-order valence-electron chi connectivity index (χ2n) is 4.08. The van der Waals surface area contributed by atoms with Gasteiger partial charge in [-0.2, -0.15) is 0 Å². The van der Waals surface area contributed by atoms with E-state index >= 15 is 0 Å². The average Bonchev–Trinajstić information content (AvgIpc) is 2.87. The summed E-state index contributed by atoms with van der Waals surface area (Å²) < 4.78 is 0. The van der Waals surface area contributed by atoms with E-state index in [0.29, 0.717) is 5.69 Å². The minimum absolute atomic E-state index is 0.0547. The molecule has 9 heteroatoms. The first-order valence-electron chi connectivity index (χ1n) is 5.95. The maximum absolute atomic E-state index is 11.5. The van der Waals surface area contributed by atoms with Crippen molar-refractivity contribution in [1.82, 2.24) is 20.6 Å². The molecule has 0 saturated heterocycles. The van der Waals surface area contributed by atoms with Crippen molar-refractivity contribution in [3.63, 3.8) is 0 Å². The lowest BCUT2D eigenvalue weighted by Gasteiger charge is -2.14. The van der Waals surface area contributed by atoms with Gasteiger partial charge in [-0.05, 0) is 12.8 Å². The van der Waals surface area contributed by atoms with E-state index in [1.165, 1.54) is 12.5 Å². The molecule has 1 heterocycles. The van der Waals surface area contributed by atoms with E-state index in [9.17, 15) is 14.4 Å². The number of carbonyl (C=O) groups is 3. The van der Waals surface area contributed by atoms with Crippen molar-refractivity contribution >= 4 is 18.0 Å². The molecule has 110 valence electrons. The van der Waals surface area contributed by atoms with Crippen molar-refractivity contribution in [2.24, 2.45) is 0 Å². The molecular weight excluding hydrogens is 268 g/mol. The van der Waals surface area contributed by atoms with Crippen LogP contribution in [0.2, 0.25) is 0 Å². The number of nitrogens with zero attached hydrogens (tertiary/aromatic N) is 1. The van der Waals surface area contributed by atoms with Crippen LogP contribution in [-0.4, -0.2) is 44.2 Å². The molecule has 2 amide bonds. The fourth-order valence-electron chi connectivity index (χ4n) is 1.48. The van der Waals surface area contributed by atoms with Crippen LogP contribution in [0.1, 0.15) is 25.0 Å². The Hall–Kier alpha value is -2.58. The Bertz CT molecular complexity index is 459. The van der Waals surface area contributed by atoms with E-state index in [4.69, 9.17) is 10.2 Å². The zero-order chi connectivity index (χ0) is 15.0. The van der Waals surface area contributed by atoms with E-state index in [0.717, 1.165) is 0 Å². The quantitative estimate of drug-likeness (QED) is 0.451. The summed E-state index contributed by atoms with van der Waals surface area (Å²) in [5.74, 6) is -2.20. The van der Waals surface area contributed by atoms with E-state index in [1.807, 2.05) is 0 Å². The number of aliphatic carboxylic acids is 2. The van der Waals surface area contributed by atoms with Gasteiger partial charge >= 0.3 is 18.0 Å². The lowest BCUT2D eigenvalue weighted by atomic mass is 10.1. The smallest absolute Gasteiger partial charge is 0.326 e. The molecule has 0 bridgehead atoms. The molecule has 0 fully saturated rings. The molecule has 0 spiro atoms. The van der Waals surface area contributed by atoms with Gasteiger partial charge in [0.05, 0.1) is 18.6 Å². The lowest BCUT2D eigenvalue weighted by Crippen LogP contribution is -2.45. The Morgan fingerprint density at radius 2 is 2.10 bits per heavy atom. The van der Waals surface area contributed by atoms with E-state index in [-0.39, 0.29) is 25.8 Å². The maximum atomic E-state index is 11.5. The summed E-state index contributed by atoms with van der Waals surface area (Å²) in [4.78, 5) is 39.4. The van der Waals surface area contributed by atoms with Gasteiger partial charge in [-0.1, -0.05) is 0 Å². The molecule has 0 unspecified atom stereocenters. The number of rotatable bonds is 8. The first kappa shape index (κ1) is 15.5. The van der Waals surface area contributed by atoms with Crippen LogP contribution >= 0.6 is 0 Å². The van der Waals surface area contributed by atoms with E-state index < -0.39 is 24.0 Å². The molecular formula is C11H16N4O5. The Morgan fingerprint density at radius 1 is 1.35 bits per heavy atom. The van der Waals surface area contributed by atoms with E-state index in [2.05, 4.69) is 20.6 Å². The van der Waals surface area contributed by atoms with Gasteiger partial charge in [0, 0.05) is 12.6 Å². The number of urea groups is 1. The van der Waals surface area contributed by atoms with Gasteiger partial charge in [-0.15, -0.1) is 0 Å². The summed E-state index contributed by atoms with van der Waals surface area (Å²) in [7, 11) is 0. The average molecular weight is 284 g/mol. The first-order valence-corrected chi connectivity index (χ1v) is 5.95. The molecule has 0 aliphatic heterocycles.